The van der Waals surface area contributed by atoms with Gasteiger partial charge in [0.25, 0.3) is 0 Å². The highest BCUT2D eigenvalue weighted by molar-refractivity contribution is 7.99. The van der Waals surface area contributed by atoms with Gasteiger partial charge in [0.2, 0.25) is 0 Å². The van der Waals surface area contributed by atoms with Crippen molar-refractivity contribution in [3.8, 4) is 11.5 Å². The second kappa shape index (κ2) is 10.7. The van der Waals surface area contributed by atoms with Crippen LogP contribution in [0.5, 0.6) is 11.5 Å². The van der Waals surface area contributed by atoms with Gasteiger partial charge in [-0.05, 0) is 49.8 Å². The van der Waals surface area contributed by atoms with E-state index in [9.17, 15) is 4.79 Å². The number of ketones is 1. The summed E-state index contributed by atoms with van der Waals surface area (Å²) < 4.78 is 6.36. The molecule has 0 aliphatic rings. The van der Waals surface area contributed by atoms with Gasteiger partial charge in [0, 0.05) is 17.3 Å². The number of anilines is 1. The lowest BCUT2D eigenvalue weighted by molar-refractivity contribution is 0.104. The van der Waals surface area contributed by atoms with E-state index in [2.05, 4.69) is 37.4 Å². The summed E-state index contributed by atoms with van der Waals surface area (Å²) in [5.41, 5.74) is 3.34. The molecule has 0 aromatic heterocycles. The molecular formula is C26H27NO2S. The molecule has 0 atom stereocenters. The quantitative estimate of drug-likeness (QED) is 0.222. The summed E-state index contributed by atoms with van der Waals surface area (Å²) in [6.07, 6.45) is 2.72. The molecule has 0 saturated carbocycles. The van der Waals surface area contributed by atoms with Gasteiger partial charge in [0.15, 0.2) is 11.5 Å². The summed E-state index contributed by atoms with van der Waals surface area (Å²) in [7, 11) is 0. The Morgan fingerprint density at radius 3 is 2.50 bits per heavy atom. The third-order valence-electron chi connectivity index (χ3n) is 4.47. The standard InChI is InChI=1S/C26H27NO2S/c1-4-17-30-25-16-10-11-19(2)26(25)29-24-15-9-8-14-22(24)27-20(3)18-23(28)21-12-6-5-7-13-21/h5-16,18,27H,4,17H2,1-3H3/b20-18-. The molecule has 0 aliphatic heterocycles. The number of nitrogens with one attached hydrogen (secondary N) is 1. The van der Waals surface area contributed by atoms with Gasteiger partial charge in [-0.1, -0.05) is 61.5 Å². The van der Waals surface area contributed by atoms with Crippen molar-refractivity contribution in [3.63, 3.8) is 0 Å². The number of para-hydroxylation sites is 3. The third-order valence-corrected chi connectivity index (χ3v) is 5.72. The van der Waals surface area contributed by atoms with Crippen molar-refractivity contribution in [2.24, 2.45) is 0 Å². The molecule has 0 bridgehead atoms. The van der Waals surface area contributed by atoms with Crippen LogP contribution < -0.4 is 10.1 Å². The van der Waals surface area contributed by atoms with Gasteiger partial charge in [-0.2, -0.15) is 0 Å². The topological polar surface area (TPSA) is 38.3 Å². The second-order valence-electron chi connectivity index (χ2n) is 7.03. The molecule has 3 rings (SSSR count). The Hall–Kier alpha value is -2.98. The molecule has 0 spiro atoms. The SMILES string of the molecule is CCCSc1cccc(C)c1Oc1ccccc1N/C(C)=C\C(=O)c1ccccc1. The molecule has 0 unspecified atom stereocenters. The minimum Gasteiger partial charge on any atom is -0.454 e. The Kier molecular flexibility index (Phi) is 7.75. The first-order valence-electron chi connectivity index (χ1n) is 10.1. The van der Waals surface area contributed by atoms with Crippen LogP contribution in [0.2, 0.25) is 0 Å². The van der Waals surface area contributed by atoms with E-state index in [0.717, 1.165) is 45.5 Å². The summed E-state index contributed by atoms with van der Waals surface area (Å²) >= 11 is 1.80. The van der Waals surface area contributed by atoms with Gasteiger partial charge in [0.05, 0.1) is 10.6 Å². The Morgan fingerprint density at radius 2 is 1.73 bits per heavy atom. The van der Waals surface area contributed by atoms with Crippen LogP contribution in [0.4, 0.5) is 5.69 Å². The van der Waals surface area contributed by atoms with Crippen LogP contribution in [0.25, 0.3) is 0 Å². The van der Waals surface area contributed by atoms with Crippen molar-refractivity contribution in [1.29, 1.82) is 0 Å². The number of aryl methyl sites for hydroxylation is 1. The molecular weight excluding hydrogens is 390 g/mol. The fourth-order valence-corrected chi connectivity index (χ4v) is 3.91. The fourth-order valence-electron chi connectivity index (χ4n) is 2.98. The average molecular weight is 418 g/mol. The Morgan fingerprint density at radius 1 is 1.00 bits per heavy atom. The lowest BCUT2D eigenvalue weighted by Crippen LogP contribution is -2.03. The lowest BCUT2D eigenvalue weighted by Gasteiger charge is -2.17. The molecule has 3 aromatic rings. The summed E-state index contributed by atoms with van der Waals surface area (Å²) in [5.74, 6) is 2.62. The summed E-state index contributed by atoms with van der Waals surface area (Å²) in [4.78, 5) is 13.6. The number of hydrogen-bond donors (Lipinski definition) is 1. The maximum Gasteiger partial charge on any atom is 0.187 e. The molecule has 30 heavy (non-hydrogen) atoms. The van der Waals surface area contributed by atoms with Crippen LogP contribution in [0.15, 0.2) is 89.5 Å². The number of carbonyl (C=O) groups excluding carboxylic acids is 1. The van der Waals surface area contributed by atoms with Gasteiger partial charge < -0.3 is 10.1 Å². The zero-order valence-corrected chi connectivity index (χ0v) is 18.5. The van der Waals surface area contributed by atoms with Crippen LogP contribution in [-0.2, 0) is 0 Å². The minimum atomic E-state index is -0.0313. The monoisotopic (exact) mass is 417 g/mol. The van der Waals surface area contributed by atoms with Crippen molar-refractivity contribution in [1.82, 2.24) is 0 Å². The van der Waals surface area contributed by atoms with E-state index in [4.69, 9.17) is 4.74 Å². The van der Waals surface area contributed by atoms with E-state index in [-0.39, 0.29) is 5.78 Å². The van der Waals surface area contributed by atoms with Crippen LogP contribution in [0.1, 0.15) is 36.2 Å². The number of ether oxygens (including phenoxy) is 1. The highest BCUT2D eigenvalue weighted by atomic mass is 32.2. The predicted octanol–water partition coefficient (Wildman–Crippen LogP) is 7.49. The highest BCUT2D eigenvalue weighted by Gasteiger charge is 2.12. The van der Waals surface area contributed by atoms with E-state index < -0.39 is 0 Å². The summed E-state index contributed by atoms with van der Waals surface area (Å²) in [6, 6.07) is 23.3. The molecule has 0 radical (unpaired) electrons. The zero-order valence-electron chi connectivity index (χ0n) is 17.6. The van der Waals surface area contributed by atoms with Gasteiger partial charge in [-0.3, -0.25) is 4.79 Å². The number of benzene rings is 3. The molecule has 0 fully saturated rings. The number of thioether (sulfide) groups is 1. The van der Waals surface area contributed by atoms with Crippen molar-refractivity contribution >= 4 is 23.2 Å². The van der Waals surface area contributed by atoms with Crippen molar-refractivity contribution < 1.29 is 9.53 Å². The molecule has 0 amide bonds. The predicted molar refractivity (Wildman–Crippen MR) is 127 cm³/mol. The Balaban J connectivity index is 1.82. The van der Waals surface area contributed by atoms with Gasteiger partial charge in [-0.15, -0.1) is 11.8 Å². The first-order chi connectivity index (χ1) is 14.6. The fraction of sp³-hybridized carbons (Fsp3) is 0.192. The molecule has 4 heteroatoms. The van der Waals surface area contributed by atoms with Gasteiger partial charge in [-0.25, -0.2) is 0 Å². The smallest absolute Gasteiger partial charge is 0.187 e. The van der Waals surface area contributed by atoms with Crippen molar-refractivity contribution in [2.75, 3.05) is 11.1 Å². The molecule has 1 N–H and O–H groups in total. The van der Waals surface area contributed by atoms with Crippen molar-refractivity contribution in [3.05, 3.63) is 95.7 Å². The van der Waals surface area contributed by atoms with E-state index in [1.54, 1.807) is 17.8 Å². The molecule has 0 saturated heterocycles. The number of allylic oxidation sites excluding steroid dienone is 2. The van der Waals surface area contributed by atoms with E-state index in [1.165, 1.54) is 0 Å². The number of rotatable bonds is 9. The summed E-state index contributed by atoms with van der Waals surface area (Å²) in [6.45, 7) is 6.12. The van der Waals surface area contributed by atoms with Crippen LogP contribution in [0.3, 0.4) is 0 Å². The normalized spacial score (nSPS) is 11.2. The van der Waals surface area contributed by atoms with Gasteiger partial charge >= 0.3 is 0 Å². The zero-order chi connectivity index (χ0) is 21.3. The third kappa shape index (κ3) is 5.77. The summed E-state index contributed by atoms with van der Waals surface area (Å²) in [5, 5.41) is 3.32. The van der Waals surface area contributed by atoms with Crippen LogP contribution in [-0.4, -0.2) is 11.5 Å². The van der Waals surface area contributed by atoms with Crippen LogP contribution >= 0.6 is 11.8 Å². The van der Waals surface area contributed by atoms with Crippen molar-refractivity contribution in [2.45, 2.75) is 32.1 Å². The maximum atomic E-state index is 12.5. The molecule has 0 heterocycles. The lowest BCUT2D eigenvalue weighted by atomic mass is 10.1. The number of hydrogen-bond acceptors (Lipinski definition) is 4. The first kappa shape index (κ1) is 21.7. The molecule has 154 valence electrons. The molecule has 3 nitrogen and oxygen atoms in total. The minimum absolute atomic E-state index is 0.0313. The Bertz CT molecular complexity index is 1030. The van der Waals surface area contributed by atoms with Gasteiger partial charge in [0.1, 0.15) is 5.75 Å². The highest BCUT2D eigenvalue weighted by Crippen LogP contribution is 2.38. The first-order valence-corrected chi connectivity index (χ1v) is 11.1. The average Bonchev–Trinajstić information content (AvgIpc) is 2.76. The second-order valence-corrected chi connectivity index (χ2v) is 8.17. The largest absolute Gasteiger partial charge is 0.454 e. The Labute approximate surface area is 183 Å². The van der Waals surface area contributed by atoms with E-state index >= 15 is 0 Å². The molecule has 3 aromatic carbocycles. The van der Waals surface area contributed by atoms with E-state index in [1.807, 2.05) is 61.5 Å². The maximum absolute atomic E-state index is 12.5. The van der Waals surface area contributed by atoms with Crippen LogP contribution in [0, 0.1) is 6.92 Å². The number of carbonyl (C=O) groups is 1. The molecule has 0 aliphatic carbocycles. The van der Waals surface area contributed by atoms with E-state index in [0.29, 0.717) is 5.56 Å².